The molecule has 26 heavy (non-hydrogen) atoms. The van der Waals surface area contributed by atoms with Crippen LogP contribution in [0.5, 0.6) is 0 Å². The van der Waals surface area contributed by atoms with E-state index in [1.165, 1.54) is 39.3 Å². The zero-order valence-corrected chi connectivity index (χ0v) is 17.0. The summed E-state index contributed by atoms with van der Waals surface area (Å²) in [7, 11) is 0. The van der Waals surface area contributed by atoms with E-state index in [0.717, 1.165) is 72.0 Å². The fourth-order valence-corrected chi connectivity index (χ4v) is 3.03. The summed E-state index contributed by atoms with van der Waals surface area (Å²) in [6, 6.07) is 0. The van der Waals surface area contributed by atoms with E-state index < -0.39 is 0 Å². The second-order valence-electron chi connectivity index (χ2n) is 6.83. The topological polar surface area (TPSA) is 92.6 Å². The van der Waals surface area contributed by atoms with Gasteiger partial charge in [-0.2, -0.15) is 0 Å². The lowest BCUT2D eigenvalue weighted by molar-refractivity contribution is 0.237. The molecule has 0 unspecified atom stereocenters. The number of likely N-dealkylation sites (N-methyl/N-ethyl adjacent to an activating group) is 1. The molecule has 2 aliphatic rings. The minimum absolute atomic E-state index is 0.720. The Morgan fingerprint density at radius 1 is 0.654 bits per heavy atom. The molecule has 2 saturated heterocycles. The van der Waals surface area contributed by atoms with E-state index in [2.05, 4.69) is 43.3 Å². The Bertz CT molecular complexity index is 252. The molecule has 0 amide bonds. The van der Waals surface area contributed by atoms with Crippen molar-refractivity contribution in [3.8, 4) is 0 Å². The smallest absolute Gasteiger partial charge is 0.0110 e. The van der Waals surface area contributed by atoms with Crippen LogP contribution in [0.3, 0.4) is 0 Å². The van der Waals surface area contributed by atoms with Crippen molar-refractivity contribution in [3.63, 3.8) is 0 Å². The maximum absolute atomic E-state index is 5.32. The van der Waals surface area contributed by atoms with Crippen molar-refractivity contribution >= 4 is 0 Å². The number of hydrogen-bond donors (Lipinski definition) is 6. The van der Waals surface area contributed by atoms with E-state index >= 15 is 0 Å². The molecule has 8 nitrogen and oxygen atoms in total. The fourth-order valence-electron chi connectivity index (χ4n) is 3.03. The number of nitrogens with two attached hydrogens (primary N) is 1. The predicted octanol–water partition coefficient (Wildman–Crippen LogP) is -2.47. The predicted molar refractivity (Wildman–Crippen MR) is 112 cm³/mol. The van der Waals surface area contributed by atoms with Gasteiger partial charge >= 0.3 is 0 Å². The van der Waals surface area contributed by atoms with E-state index in [0.29, 0.717) is 0 Å². The molecule has 2 fully saturated rings. The highest BCUT2D eigenvalue weighted by atomic mass is 15.2. The van der Waals surface area contributed by atoms with Gasteiger partial charge in [0.1, 0.15) is 0 Å². The molecular formula is C18H44N8. The fraction of sp³-hybridized carbons (Fsp3) is 1.00. The highest BCUT2D eigenvalue weighted by Crippen LogP contribution is 1.96. The summed E-state index contributed by atoms with van der Waals surface area (Å²) in [4.78, 5) is 5.12. The zero-order valence-electron chi connectivity index (χ0n) is 17.0. The minimum atomic E-state index is 0.720. The first kappa shape index (κ1) is 23.7. The van der Waals surface area contributed by atoms with Gasteiger partial charge in [-0.15, -0.1) is 0 Å². The van der Waals surface area contributed by atoms with Gasteiger partial charge in [0.2, 0.25) is 0 Å². The van der Waals surface area contributed by atoms with Gasteiger partial charge in [-0.25, -0.2) is 0 Å². The Hall–Kier alpha value is -0.320. The van der Waals surface area contributed by atoms with Gasteiger partial charge in [0.05, 0.1) is 0 Å². The van der Waals surface area contributed by atoms with Crippen molar-refractivity contribution in [3.05, 3.63) is 0 Å². The van der Waals surface area contributed by atoms with Crippen molar-refractivity contribution < 1.29 is 0 Å². The summed E-state index contributed by atoms with van der Waals surface area (Å²) in [5.41, 5.74) is 5.32. The molecule has 0 atom stereocenters. The van der Waals surface area contributed by atoms with Crippen LogP contribution in [0.15, 0.2) is 0 Å². The van der Waals surface area contributed by atoms with Crippen LogP contribution in [0.2, 0.25) is 0 Å². The van der Waals surface area contributed by atoms with Crippen LogP contribution >= 0.6 is 0 Å². The van der Waals surface area contributed by atoms with Gasteiger partial charge in [-0.05, 0) is 6.54 Å². The molecule has 2 heterocycles. The SMILES string of the molecule is C1CN2CCNCCN(CCN1)CC2.CCNCCNCCNCCN. The highest BCUT2D eigenvalue weighted by Gasteiger charge is 2.13. The lowest BCUT2D eigenvalue weighted by Gasteiger charge is -2.22. The number of rotatable bonds is 9. The Balaban J connectivity index is 0.000000265. The van der Waals surface area contributed by atoms with Crippen molar-refractivity contribution in [2.75, 3.05) is 111 Å². The molecule has 0 aromatic heterocycles. The molecular weight excluding hydrogens is 328 g/mol. The molecule has 0 aromatic carbocycles. The van der Waals surface area contributed by atoms with Gasteiger partial charge in [-0.3, -0.25) is 9.80 Å². The van der Waals surface area contributed by atoms with Crippen LogP contribution in [0, 0.1) is 0 Å². The van der Waals surface area contributed by atoms with Gasteiger partial charge in [0, 0.05) is 105 Å². The third-order valence-electron chi connectivity index (χ3n) is 4.68. The first-order valence-corrected chi connectivity index (χ1v) is 10.5. The third-order valence-corrected chi connectivity index (χ3v) is 4.68. The zero-order chi connectivity index (χ0) is 18.7. The maximum Gasteiger partial charge on any atom is 0.0110 e. The van der Waals surface area contributed by atoms with Crippen molar-refractivity contribution in [1.82, 2.24) is 36.4 Å². The van der Waals surface area contributed by atoms with E-state index in [4.69, 9.17) is 5.73 Å². The minimum Gasteiger partial charge on any atom is -0.329 e. The first-order valence-electron chi connectivity index (χ1n) is 10.5. The van der Waals surface area contributed by atoms with E-state index in [9.17, 15) is 0 Å². The van der Waals surface area contributed by atoms with Gasteiger partial charge in [0.25, 0.3) is 0 Å². The molecule has 0 saturated carbocycles. The number of fused-ring (bicyclic) bond motifs is 3. The van der Waals surface area contributed by atoms with Gasteiger partial charge in [-0.1, -0.05) is 6.92 Å². The Morgan fingerprint density at radius 2 is 1.08 bits per heavy atom. The molecule has 8 heteroatoms. The average Bonchev–Trinajstić information content (AvgIpc) is 2.83. The largest absolute Gasteiger partial charge is 0.329 e. The summed E-state index contributed by atoms with van der Waals surface area (Å²) in [5, 5.41) is 16.8. The van der Waals surface area contributed by atoms with Crippen molar-refractivity contribution in [1.29, 1.82) is 0 Å². The normalized spacial score (nSPS) is 24.2. The second kappa shape index (κ2) is 18.1. The van der Waals surface area contributed by atoms with E-state index in [-0.39, 0.29) is 0 Å². The Labute approximate surface area is 161 Å². The molecule has 156 valence electrons. The van der Waals surface area contributed by atoms with Crippen LogP contribution in [0.1, 0.15) is 6.92 Å². The van der Waals surface area contributed by atoms with Gasteiger partial charge < -0.3 is 32.3 Å². The lowest BCUT2D eigenvalue weighted by atomic mass is 10.4. The molecule has 0 aromatic rings. The molecule has 2 aliphatic heterocycles. The highest BCUT2D eigenvalue weighted by molar-refractivity contribution is 4.72. The summed E-state index contributed by atoms with van der Waals surface area (Å²) >= 11 is 0. The van der Waals surface area contributed by atoms with Crippen LogP contribution in [-0.2, 0) is 0 Å². The average molecular weight is 373 g/mol. The Morgan fingerprint density at radius 3 is 1.50 bits per heavy atom. The van der Waals surface area contributed by atoms with Crippen LogP contribution in [-0.4, -0.2) is 121 Å². The van der Waals surface area contributed by atoms with Gasteiger partial charge in [0.15, 0.2) is 0 Å². The number of hydrogen-bond acceptors (Lipinski definition) is 8. The second-order valence-corrected chi connectivity index (χ2v) is 6.83. The molecule has 7 N–H and O–H groups in total. The summed E-state index contributed by atoms with van der Waals surface area (Å²) in [6.07, 6.45) is 0. The molecule has 2 rings (SSSR count). The third kappa shape index (κ3) is 13.8. The lowest BCUT2D eigenvalue weighted by Crippen LogP contribution is -2.38. The molecule has 2 bridgehead atoms. The monoisotopic (exact) mass is 372 g/mol. The standard InChI is InChI=1S/C10H22N4.C8H22N4/c1-5-13-7-3-12-4-8-14(10-9-13)6-2-11-1;1-2-10-5-6-12-8-7-11-4-3-9/h11-12H,1-10H2;10-12H,2-9H2,1H3. The maximum atomic E-state index is 5.32. The van der Waals surface area contributed by atoms with E-state index in [1.807, 2.05) is 0 Å². The number of nitrogens with one attached hydrogen (secondary N) is 5. The van der Waals surface area contributed by atoms with E-state index in [1.54, 1.807) is 0 Å². The van der Waals surface area contributed by atoms with Crippen molar-refractivity contribution in [2.24, 2.45) is 5.73 Å². The molecule has 0 spiro atoms. The van der Waals surface area contributed by atoms with Crippen LogP contribution < -0.4 is 32.3 Å². The quantitative estimate of drug-likeness (QED) is 0.248. The molecule has 0 radical (unpaired) electrons. The summed E-state index contributed by atoms with van der Waals surface area (Å²) < 4.78 is 0. The summed E-state index contributed by atoms with van der Waals surface area (Å²) in [6.45, 7) is 20.8. The summed E-state index contributed by atoms with van der Waals surface area (Å²) in [5.74, 6) is 0. The number of nitrogens with zero attached hydrogens (tertiary/aromatic N) is 2. The Kier molecular flexibility index (Phi) is 16.5. The first-order chi connectivity index (χ1) is 12.9. The van der Waals surface area contributed by atoms with Crippen LogP contribution in [0.4, 0.5) is 0 Å². The van der Waals surface area contributed by atoms with Crippen LogP contribution in [0.25, 0.3) is 0 Å². The molecule has 0 aliphatic carbocycles. The van der Waals surface area contributed by atoms with Crippen molar-refractivity contribution in [2.45, 2.75) is 6.92 Å².